The molecule has 0 aliphatic carbocycles. The molecule has 9 aromatic heterocycles. The normalized spacial score (nSPS) is 16.6. The van der Waals surface area contributed by atoms with E-state index < -0.39 is 0 Å². The standard InChI is InChI=1S/C32H29ClN8O3.C24H21ClN8O2.C17H15ClN4O.C15H15ClN4O2/c1-38-19-39(17-20-10-12-22(44-2)13-11-20)29-27(31(38)42)30(36-18-35-29)40-15-5-9-25(40)28-37-24-8-3-7-23(33)26(24)32(43)41(28)21-6-4-14-34-16-21;1-31-13-29-20-19(23(31)34)22(28-12-27-20)32-10-4-8-17(32)21-30-16-7-2-6-15(25)18(16)24(35)33(21)14-5-3-9-26-11-14;18-12-5-1-6-13-15(12)17(23)22(11-4-2-8-19-10-11)16(21-13)14-7-3-9-20-14;1-19-9-20(7-10-3-5-11(22-2)6-4-10)14-12(15(19)21)13(16)17-8-18-14/h3-4,6-8,10-14,16,18,25H,5,9,15,17,19H2,1-2H3;2-3,5-7,9,11-12,17H,4,8,10,13H2,1H3,(H,27,28,29);1-2,4-6,8,10,14,20H,3,7,9H2;3-6,8H,7,9H2,1-2H3/t;;14-;/m..0./s1. The monoisotopic (exact) mass is 1740 g/mol. The number of ether oxygens (including phenoxy) is 2. The number of hydrogen-bond donors (Lipinski definition) is 2. The number of nitrogens with zero attached hydrogens (tertiary/aromatic N) is 22. The van der Waals surface area contributed by atoms with E-state index in [0.29, 0.717) is 175 Å². The number of fused-ring (bicyclic) bond motifs is 6. The number of nitrogens with one attached hydrogen (secondary N) is 2. The van der Waals surface area contributed by atoms with Gasteiger partial charge in [0, 0.05) is 65.9 Å². The highest BCUT2D eigenvalue weighted by molar-refractivity contribution is 6.36. The van der Waals surface area contributed by atoms with E-state index in [4.69, 9.17) is 70.8 Å². The van der Waals surface area contributed by atoms with Crippen LogP contribution in [0.3, 0.4) is 0 Å². The number of amides is 3. The lowest BCUT2D eigenvalue weighted by molar-refractivity contribution is 0.0773. The summed E-state index contributed by atoms with van der Waals surface area (Å²) in [5.41, 5.74) is 6.19. The molecule has 20 rings (SSSR count). The van der Waals surface area contributed by atoms with Crippen molar-refractivity contribution in [3.05, 3.63) is 292 Å². The van der Waals surface area contributed by atoms with Crippen LogP contribution in [-0.2, 0) is 13.1 Å². The number of hydrogen-bond acceptors (Lipinski definition) is 26. The zero-order chi connectivity index (χ0) is 86.0. The Morgan fingerprint density at radius 1 is 0.427 bits per heavy atom. The molecule has 6 aliphatic rings. The number of anilines is 5. The van der Waals surface area contributed by atoms with Crippen LogP contribution in [0.1, 0.15) is 116 Å². The van der Waals surface area contributed by atoms with Crippen molar-refractivity contribution in [3.63, 3.8) is 0 Å². The Morgan fingerprint density at radius 2 is 0.839 bits per heavy atom. The van der Waals surface area contributed by atoms with Gasteiger partial charge in [0.15, 0.2) is 0 Å². The van der Waals surface area contributed by atoms with Crippen LogP contribution in [0, 0.1) is 0 Å². The fourth-order valence-corrected chi connectivity index (χ4v) is 17.4. The highest BCUT2D eigenvalue weighted by Crippen LogP contribution is 2.43. The molecular weight excluding hydrogens is 1660 g/mol. The van der Waals surface area contributed by atoms with E-state index >= 15 is 0 Å². The van der Waals surface area contributed by atoms with Crippen LogP contribution < -0.4 is 56.4 Å². The summed E-state index contributed by atoms with van der Waals surface area (Å²) in [5, 5.41) is 9.01. The van der Waals surface area contributed by atoms with Gasteiger partial charge in [0.2, 0.25) is 0 Å². The zero-order valence-corrected chi connectivity index (χ0v) is 70.7. The van der Waals surface area contributed by atoms with Crippen molar-refractivity contribution < 1.29 is 23.9 Å². The summed E-state index contributed by atoms with van der Waals surface area (Å²) < 4.78 is 15.3. The van der Waals surface area contributed by atoms with Gasteiger partial charge < -0.3 is 54.4 Å². The summed E-state index contributed by atoms with van der Waals surface area (Å²) in [6.45, 7) is 4.57. The Labute approximate surface area is 729 Å². The molecule has 0 saturated carbocycles. The number of pyridine rings is 3. The van der Waals surface area contributed by atoms with Crippen molar-refractivity contribution in [2.75, 3.05) is 99.9 Å². The topological polar surface area (TPSA) is 337 Å². The molecule has 124 heavy (non-hydrogen) atoms. The molecule has 6 aliphatic heterocycles. The summed E-state index contributed by atoms with van der Waals surface area (Å²) in [6.07, 6.45) is 19.4. The van der Waals surface area contributed by atoms with Crippen molar-refractivity contribution in [1.82, 2.24) is 93.5 Å². The second-order valence-electron chi connectivity index (χ2n) is 30.1. The van der Waals surface area contributed by atoms with Crippen LogP contribution in [0.4, 0.5) is 29.1 Å². The van der Waals surface area contributed by atoms with Gasteiger partial charge >= 0.3 is 0 Å². The highest BCUT2D eigenvalue weighted by atomic mass is 35.5. The summed E-state index contributed by atoms with van der Waals surface area (Å²) in [7, 11) is 8.51. The van der Waals surface area contributed by atoms with Crippen LogP contribution in [-0.4, -0.2) is 181 Å². The van der Waals surface area contributed by atoms with Gasteiger partial charge in [-0.1, -0.05) is 88.9 Å². The maximum atomic E-state index is 14.0. The van der Waals surface area contributed by atoms with Gasteiger partial charge in [-0.25, -0.2) is 44.9 Å². The summed E-state index contributed by atoms with van der Waals surface area (Å²) in [6, 6.07) is 41.8. The van der Waals surface area contributed by atoms with E-state index in [0.717, 1.165) is 67.1 Å². The maximum Gasteiger partial charge on any atom is 0.267 e. The molecule has 3 atom stereocenters. The Morgan fingerprint density at radius 3 is 1.28 bits per heavy atom. The first-order valence-corrected chi connectivity index (χ1v) is 41.4. The third-order valence-electron chi connectivity index (χ3n) is 22.4. The van der Waals surface area contributed by atoms with E-state index in [1.807, 2.05) is 94.7 Å². The summed E-state index contributed by atoms with van der Waals surface area (Å²) in [5.74, 6) is 5.61. The van der Waals surface area contributed by atoms with Crippen molar-refractivity contribution in [1.29, 1.82) is 0 Å². The van der Waals surface area contributed by atoms with Crippen molar-refractivity contribution in [2.24, 2.45) is 0 Å². The summed E-state index contributed by atoms with van der Waals surface area (Å²) >= 11 is 25.2. The van der Waals surface area contributed by atoms with Crippen LogP contribution >= 0.6 is 46.4 Å². The molecule has 15 heterocycles. The number of carbonyl (C=O) groups excluding carboxylic acids is 3. The third kappa shape index (κ3) is 16.1. The molecule has 3 fully saturated rings. The zero-order valence-electron chi connectivity index (χ0n) is 67.7. The number of halogens is 4. The molecule has 36 heteroatoms. The molecule has 0 bridgehead atoms. The molecule has 5 aromatic carbocycles. The fourth-order valence-electron chi connectivity index (χ4n) is 16.5. The second-order valence-corrected chi connectivity index (χ2v) is 31.7. The lowest BCUT2D eigenvalue weighted by atomic mass is 10.1. The van der Waals surface area contributed by atoms with Gasteiger partial charge in [-0.15, -0.1) is 0 Å². The van der Waals surface area contributed by atoms with E-state index in [9.17, 15) is 28.8 Å². The number of carbonyl (C=O) groups is 3. The molecule has 2 unspecified atom stereocenters. The Balaban J connectivity index is 0.000000122. The van der Waals surface area contributed by atoms with E-state index in [2.05, 4.69) is 65.3 Å². The first-order valence-electron chi connectivity index (χ1n) is 39.9. The maximum absolute atomic E-state index is 14.0. The number of benzene rings is 5. The van der Waals surface area contributed by atoms with E-state index in [1.165, 1.54) is 19.0 Å². The Bertz CT molecular complexity index is 6600. The minimum atomic E-state index is -0.347. The molecule has 14 aromatic rings. The summed E-state index contributed by atoms with van der Waals surface area (Å²) in [4.78, 5) is 147. The van der Waals surface area contributed by atoms with E-state index in [-0.39, 0.29) is 57.7 Å². The minimum Gasteiger partial charge on any atom is -0.497 e. The number of methoxy groups -OCH3 is 2. The second kappa shape index (κ2) is 35.8. The molecule has 2 N–H and O–H groups in total. The third-order valence-corrected chi connectivity index (χ3v) is 23.6. The Kier molecular flexibility index (Phi) is 23.9. The van der Waals surface area contributed by atoms with Gasteiger partial charge in [0.25, 0.3) is 34.4 Å². The predicted molar refractivity (Wildman–Crippen MR) is 473 cm³/mol. The highest BCUT2D eigenvalue weighted by Gasteiger charge is 2.41. The van der Waals surface area contributed by atoms with Crippen molar-refractivity contribution >= 4 is 126 Å². The molecule has 0 spiro atoms. The first kappa shape index (κ1) is 82.6. The smallest absolute Gasteiger partial charge is 0.267 e. The Hall–Kier alpha value is -13.7. The predicted octanol–water partition coefficient (Wildman–Crippen LogP) is 12.7. The van der Waals surface area contributed by atoms with Crippen molar-refractivity contribution in [2.45, 2.75) is 69.7 Å². The van der Waals surface area contributed by atoms with Gasteiger partial charge in [-0.05, 0) is 153 Å². The molecule has 32 nitrogen and oxygen atoms in total. The first-order chi connectivity index (χ1) is 60.3. The van der Waals surface area contributed by atoms with Crippen molar-refractivity contribution in [3.8, 4) is 28.6 Å². The SMILES string of the molecule is CN1CNc2ncnc(N3CCCC3c3nc4cccc(Cl)c4c(=O)n3-c3cccnc3)c2C1=O.COc1ccc(CN2CN(C)C(=O)c3c(Cl)ncnc32)cc1.COc1ccc(CN2CN(C)C(=O)c3c2ncnc3N2CCCC2c2nc3cccc(Cl)c3c(=O)n2-c2cccnc2)cc1.O=c1c2c(Cl)cccc2nc([C@@H]2CCCN2)n1-c1cccnc1. The molecule has 3 saturated heterocycles. The van der Waals surface area contributed by atoms with Gasteiger partial charge in [0.1, 0.15) is 98.9 Å². The van der Waals surface area contributed by atoms with Crippen LogP contribution in [0.25, 0.3) is 49.8 Å². The molecular formula is C88H80Cl4N24O8. The lowest BCUT2D eigenvalue weighted by Gasteiger charge is -2.37. The fraction of sp³-hybridized carbons (Fsp3) is 0.250. The molecule has 0 radical (unpaired) electrons. The van der Waals surface area contributed by atoms with E-state index in [1.54, 1.807) is 156 Å². The lowest BCUT2D eigenvalue weighted by Crippen LogP contribution is -2.46. The average molecular weight is 1740 g/mol. The minimum absolute atomic E-state index is 0.0614. The van der Waals surface area contributed by atoms with Crippen LogP contribution in [0.5, 0.6) is 11.5 Å². The number of aromatic nitrogens is 15. The number of rotatable bonds is 14. The quantitative estimate of drug-likeness (QED) is 0.0955. The average Bonchev–Trinajstić information content (AvgIpc) is 1.38. The van der Waals surface area contributed by atoms with Gasteiger partial charge in [-0.3, -0.25) is 57.4 Å². The molecule has 628 valence electrons. The molecule has 3 amide bonds. The van der Waals surface area contributed by atoms with Gasteiger partial charge in [-0.2, -0.15) is 0 Å². The van der Waals surface area contributed by atoms with Gasteiger partial charge in [0.05, 0.1) is 136 Å². The largest absolute Gasteiger partial charge is 0.497 e. The van der Waals surface area contributed by atoms with Crippen LogP contribution in [0.2, 0.25) is 20.2 Å². The van der Waals surface area contributed by atoms with Crippen LogP contribution in [0.15, 0.2) is 210 Å².